The second-order valence-electron chi connectivity index (χ2n) is 19.5. The van der Waals surface area contributed by atoms with Crippen molar-refractivity contribution in [2.75, 3.05) is 39.9 Å². The number of hydrogen-bond donors (Lipinski definition) is 2. The summed E-state index contributed by atoms with van der Waals surface area (Å²) in [5.74, 6) is -0.549. The third kappa shape index (κ3) is 7.85. The number of benzene rings is 4. The maximum absolute atomic E-state index is 15.3. The lowest BCUT2D eigenvalue weighted by Gasteiger charge is -2.62. The predicted octanol–water partition coefficient (Wildman–Crippen LogP) is 7.21. The number of carbonyl (C=O) groups excluding carboxylic acids is 4. The number of rotatable bonds is 6. The maximum atomic E-state index is 15.3. The van der Waals surface area contributed by atoms with Gasteiger partial charge < -0.3 is 43.0 Å². The summed E-state index contributed by atoms with van der Waals surface area (Å²) >= 11 is 1.34. The summed E-state index contributed by atoms with van der Waals surface area (Å²) in [6.07, 6.45) is 2.90. The molecule has 4 aromatic rings. The predicted molar refractivity (Wildman–Crippen MR) is 258 cm³/mol. The maximum Gasteiger partial charge on any atom is 0.411 e. The fourth-order valence-electron chi connectivity index (χ4n) is 11.4. The van der Waals surface area contributed by atoms with Crippen LogP contribution in [-0.4, -0.2) is 103 Å². The fourth-order valence-corrected chi connectivity index (χ4v) is 13.1. The van der Waals surface area contributed by atoms with E-state index >= 15 is 4.79 Å². The minimum Gasteiger partial charge on any atom is -0.504 e. The molecule has 2 fully saturated rings. The molecule has 17 nitrogen and oxygen atoms in total. The first-order valence-corrected chi connectivity index (χ1v) is 24.5. The first-order chi connectivity index (χ1) is 34.0. The van der Waals surface area contributed by atoms with Crippen LogP contribution in [0.25, 0.3) is 6.08 Å². The summed E-state index contributed by atoms with van der Waals surface area (Å²) in [5.41, 5.74) is 2.86. The van der Waals surface area contributed by atoms with Crippen LogP contribution in [0, 0.1) is 25.2 Å². The van der Waals surface area contributed by atoms with Crippen molar-refractivity contribution >= 4 is 41.8 Å². The molecular weight excluding hydrogens is 933 g/mol. The number of aryl methyl sites for hydroxylation is 1. The normalized spacial score (nSPS) is 24.9. The van der Waals surface area contributed by atoms with Crippen LogP contribution in [0.5, 0.6) is 40.2 Å². The SMILES string of the molecule is COc1cc2c(cc1OC(=O)/C=C/c1ccccc1)CCN[C@]21CS[C@@H]2c3c(OC(C)=O)c(C)c4c(c3[C@@H](COC1=O)N1C2[C@H]2c3c(cc(C)c(OC)c3O)C[C@H]([C@@H]1C#N)N2C(=O)OC(C)(C)C)OCO4. The molecule has 1 unspecified atom stereocenters. The zero-order valence-corrected chi connectivity index (χ0v) is 41.4. The van der Waals surface area contributed by atoms with Crippen LogP contribution in [0.1, 0.15) is 95.1 Å². The van der Waals surface area contributed by atoms with Gasteiger partial charge in [-0.2, -0.15) is 5.26 Å². The summed E-state index contributed by atoms with van der Waals surface area (Å²) < 4.78 is 48.8. The van der Waals surface area contributed by atoms with Crippen LogP contribution in [0.15, 0.2) is 54.6 Å². The number of piperazine rings is 1. The molecule has 2 saturated heterocycles. The first kappa shape index (κ1) is 47.7. The van der Waals surface area contributed by atoms with E-state index in [1.807, 2.05) is 48.2 Å². The van der Waals surface area contributed by atoms with E-state index in [1.165, 1.54) is 39.0 Å². The van der Waals surface area contributed by atoms with Gasteiger partial charge in [-0.3, -0.25) is 19.9 Å². The number of nitrogens with zero attached hydrogens (tertiary/aromatic N) is 3. The highest BCUT2D eigenvalue weighted by Gasteiger charge is 2.64. The number of phenolic OH excluding ortho intramolecular Hbond substituents is 1. The number of nitrogens with one attached hydrogen (secondary N) is 1. The third-order valence-corrected chi connectivity index (χ3v) is 15.6. The van der Waals surface area contributed by atoms with Crippen LogP contribution in [0.3, 0.4) is 0 Å². The molecule has 71 heavy (non-hydrogen) atoms. The van der Waals surface area contributed by atoms with Crippen molar-refractivity contribution in [1.82, 2.24) is 15.1 Å². The minimum absolute atomic E-state index is 0.0249. The molecule has 4 bridgehead atoms. The average molecular weight is 987 g/mol. The third-order valence-electron chi connectivity index (χ3n) is 14.1. The lowest BCUT2D eigenvalue weighted by atomic mass is 9.71. The minimum atomic E-state index is -1.56. The fraction of sp³-hybridized carbons (Fsp3) is 0.415. The summed E-state index contributed by atoms with van der Waals surface area (Å²) in [6, 6.07) is 12.5. The number of phenols is 1. The van der Waals surface area contributed by atoms with E-state index in [9.17, 15) is 24.8 Å². The lowest BCUT2D eigenvalue weighted by Crippen LogP contribution is -2.71. The molecule has 4 aromatic carbocycles. The molecule has 1 spiro atoms. The van der Waals surface area contributed by atoms with Gasteiger partial charge in [-0.1, -0.05) is 36.4 Å². The average Bonchev–Trinajstić information content (AvgIpc) is 3.83. The van der Waals surface area contributed by atoms with E-state index in [-0.39, 0.29) is 54.3 Å². The lowest BCUT2D eigenvalue weighted by molar-refractivity contribution is -0.157. The zero-order chi connectivity index (χ0) is 50.3. The van der Waals surface area contributed by atoms with Gasteiger partial charge in [0.25, 0.3) is 0 Å². The Kier molecular flexibility index (Phi) is 12.1. The van der Waals surface area contributed by atoms with Gasteiger partial charge in [0.1, 0.15) is 24.0 Å². The Balaban J connectivity index is 1.18. The Morgan fingerprint density at radius 2 is 1.72 bits per heavy atom. The Morgan fingerprint density at radius 1 is 0.958 bits per heavy atom. The van der Waals surface area contributed by atoms with Crippen molar-refractivity contribution in [2.24, 2.45) is 0 Å². The Hall–Kier alpha value is -6.94. The molecule has 0 aromatic heterocycles. The topological polar surface area (TPSA) is 205 Å². The number of nitriles is 1. The van der Waals surface area contributed by atoms with E-state index in [2.05, 4.69) is 11.4 Å². The second kappa shape index (κ2) is 18.0. The Bertz CT molecular complexity index is 2970. The van der Waals surface area contributed by atoms with Crippen LogP contribution in [-0.2, 0) is 42.2 Å². The summed E-state index contributed by atoms with van der Waals surface area (Å²) in [7, 11) is 2.91. The van der Waals surface area contributed by atoms with Crippen molar-refractivity contribution in [3.63, 3.8) is 0 Å². The number of methoxy groups -OCH3 is 2. The number of hydrogen-bond acceptors (Lipinski definition) is 17. The molecule has 370 valence electrons. The molecule has 11 rings (SSSR count). The van der Waals surface area contributed by atoms with Gasteiger partial charge in [-0.05, 0) is 93.5 Å². The molecule has 7 heterocycles. The first-order valence-electron chi connectivity index (χ1n) is 23.4. The van der Waals surface area contributed by atoms with Crippen LogP contribution < -0.4 is 33.7 Å². The van der Waals surface area contributed by atoms with Crippen molar-refractivity contribution in [3.8, 4) is 46.3 Å². The standard InChI is InChI=1S/C53H54N4O13S/c1-26-18-31-19-33-34(22-54)56-35-23-65-50(61)53(32-21-36(63-7)37(20-30(32)16-17-55-53)69-38(59)15-14-29-12-10-9-11-13-29)24-71-49(41-40(35)48-47(66-25-67-48)27(2)46(41)68-28(3)58)43(56)42(39(31)44(60)45(26)64-8)57(33)51(62)70-52(4,5)6/h9-15,18,20-21,33-35,42-43,49,55,60H,16-17,19,23-25H2,1-8H3/b15-14+/t33-,34+,35-,42-,43?,49-,53-/m1/s1. The molecule has 7 aliphatic rings. The van der Waals surface area contributed by atoms with Crippen molar-refractivity contribution < 1.29 is 62.2 Å². The number of thioether (sulfide) groups is 1. The van der Waals surface area contributed by atoms with Gasteiger partial charge in [-0.25, -0.2) is 14.4 Å². The highest BCUT2D eigenvalue weighted by atomic mass is 32.2. The highest BCUT2D eigenvalue weighted by Crippen LogP contribution is 2.65. The molecule has 0 saturated carbocycles. The monoisotopic (exact) mass is 986 g/mol. The molecule has 7 atom stereocenters. The quantitative estimate of drug-likeness (QED) is 0.111. The van der Waals surface area contributed by atoms with Crippen molar-refractivity contribution in [1.29, 1.82) is 5.26 Å². The van der Waals surface area contributed by atoms with E-state index in [4.69, 9.17) is 37.9 Å². The van der Waals surface area contributed by atoms with E-state index < -0.39 is 70.6 Å². The van der Waals surface area contributed by atoms with Crippen molar-refractivity contribution in [2.45, 2.75) is 101 Å². The summed E-state index contributed by atoms with van der Waals surface area (Å²) in [6.45, 7) is 10.0. The van der Waals surface area contributed by atoms with Gasteiger partial charge in [0.05, 0.1) is 49.7 Å². The van der Waals surface area contributed by atoms with E-state index in [0.717, 1.165) is 11.1 Å². The van der Waals surface area contributed by atoms with Gasteiger partial charge >= 0.3 is 24.0 Å². The molecular formula is C53H54N4O13S. The molecule has 0 radical (unpaired) electrons. The molecule has 18 heteroatoms. The number of amides is 1. The second-order valence-corrected chi connectivity index (χ2v) is 20.6. The Morgan fingerprint density at radius 3 is 2.42 bits per heavy atom. The Labute approximate surface area is 414 Å². The number of carbonyl (C=O) groups is 4. The molecule has 7 aliphatic heterocycles. The number of aromatic hydroxyl groups is 1. The van der Waals surface area contributed by atoms with Gasteiger partial charge in [0.15, 0.2) is 40.0 Å². The summed E-state index contributed by atoms with van der Waals surface area (Å²) in [4.78, 5) is 60.3. The van der Waals surface area contributed by atoms with Crippen LogP contribution >= 0.6 is 11.8 Å². The number of esters is 3. The number of ether oxygens (including phenoxy) is 8. The van der Waals surface area contributed by atoms with Gasteiger partial charge in [0, 0.05) is 47.6 Å². The van der Waals surface area contributed by atoms with Crippen LogP contribution in [0.2, 0.25) is 0 Å². The highest BCUT2D eigenvalue weighted by molar-refractivity contribution is 7.99. The van der Waals surface area contributed by atoms with Crippen molar-refractivity contribution in [3.05, 3.63) is 105 Å². The zero-order valence-electron chi connectivity index (χ0n) is 40.6. The molecule has 2 N–H and O–H groups in total. The largest absolute Gasteiger partial charge is 0.504 e. The molecule has 0 aliphatic carbocycles. The van der Waals surface area contributed by atoms with Crippen LogP contribution in [0.4, 0.5) is 4.79 Å². The number of fused-ring (bicyclic) bond motifs is 9. The van der Waals surface area contributed by atoms with E-state index in [1.54, 1.807) is 50.8 Å². The molecule has 1 amide bonds. The summed E-state index contributed by atoms with van der Waals surface area (Å²) in [5, 5.41) is 26.6. The van der Waals surface area contributed by atoms with Gasteiger partial charge in [0.2, 0.25) is 6.79 Å². The van der Waals surface area contributed by atoms with E-state index in [0.29, 0.717) is 63.4 Å². The van der Waals surface area contributed by atoms with Gasteiger partial charge in [-0.15, -0.1) is 11.8 Å². The smallest absolute Gasteiger partial charge is 0.411 e.